The van der Waals surface area contributed by atoms with Crippen molar-refractivity contribution in [1.29, 1.82) is 5.41 Å². The number of benzene rings is 1. The van der Waals surface area contributed by atoms with Crippen molar-refractivity contribution in [2.75, 3.05) is 37.8 Å². The van der Waals surface area contributed by atoms with Crippen LogP contribution in [0, 0.1) is 11.2 Å². The molecule has 31 heavy (non-hydrogen) atoms. The molecular formula is C23H29FN6O. The van der Waals surface area contributed by atoms with Gasteiger partial charge in [0.2, 0.25) is 0 Å². The van der Waals surface area contributed by atoms with Gasteiger partial charge in [0.05, 0.1) is 29.2 Å². The molecule has 0 radical (unpaired) electrons. The molecule has 0 aliphatic carbocycles. The topological polar surface area (TPSA) is 98.3 Å². The standard InChI is InChI=1S/C23H29FN6O/c1-5-6-9-30-19-11-16(24)7-8-17(19)23(31)29(4)13-18(25)21(14(2)27-3)15-10-20(30)22(26)28-12-15/h7-8,10-12,25,27H,5-6,9,13H2,1-4H3,(H2,26,28)/b21-14-,25-18?. The Kier molecular flexibility index (Phi) is 6.58. The quantitative estimate of drug-likeness (QED) is 0.694. The SMILES string of the molecule is CCCCN1c2cc(F)ccc2C(=O)N(C)CC(=N)/C(=C(/C)NC)c2cnc(N)c1c2. The molecule has 1 aromatic heterocycles. The fourth-order valence-corrected chi connectivity index (χ4v) is 3.75. The van der Waals surface area contributed by atoms with E-state index >= 15 is 0 Å². The van der Waals surface area contributed by atoms with Gasteiger partial charge in [0.15, 0.2) is 0 Å². The van der Waals surface area contributed by atoms with Crippen molar-refractivity contribution in [3.05, 3.63) is 53.1 Å². The molecule has 1 aromatic carbocycles. The summed E-state index contributed by atoms with van der Waals surface area (Å²) < 4.78 is 14.3. The summed E-state index contributed by atoms with van der Waals surface area (Å²) in [5.74, 6) is -0.444. The van der Waals surface area contributed by atoms with E-state index in [9.17, 15) is 9.18 Å². The summed E-state index contributed by atoms with van der Waals surface area (Å²) in [4.78, 5) is 21.0. The van der Waals surface area contributed by atoms with Crippen LogP contribution in [0.5, 0.6) is 0 Å². The van der Waals surface area contributed by atoms with Gasteiger partial charge in [-0.3, -0.25) is 4.79 Å². The number of anilines is 3. The number of nitrogens with two attached hydrogens (primary N) is 1. The number of amides is 1. The number of carbonyl (C=O) groups excluding carboxylic acids is 1. The maximum atomic E-state index is 14.3. The average molecular weight is 425 g/mol. The van der Waals surface area contributed by atoms with Crippen LogP contribution in [0.2, 0.25) is 0 Å². The lowest BCUT2D eigenvalue weighted by atomic mass is 9.99. The number of carbonyl (C=O) groups is 1. The van der Waals surface area contributed by atoms with Gasteiger partial charge in [0.25, 0.3) is 5.91 Å². The molecule has 0 unspecified atom stereocenters. The van der Waals surface area contributed by atoms with Gasteiger partial charge in [-0.15, -0.1) is 0 Å². The molecule has 1 aliphatic rings. The molecule has 3 rings (SSSR count). The Hall–Kier alpha value is -3.42. The number of unbranched alkanes of at least 4 members (excludes halogenated alkanes) is 1. The maximum absolute atomic E-state index is 14.3. The summed E-state index contributed by atoms with van der Waals surface area (Å²) in [7, 11) is 3.43. The number of rotatable bonds is 4. The highest BCUT2D eigenvalue weighted by atomic mass is 19.1. The van der Waals surface area contributed by atoms with Crippen molar-refractivity contribution in [1.82, 2.24) is 15.2 Å². The highest BCUT2D eigenvalue weighted by Crippen LogP contribution is 2.36. The van der Waals surface area contributed by atoms with E-state index in [0.29, 0.717) is 34.6 Å². The summed E-state index contributed by atoms with van der Waals surface area (Å²) >= 11 is 0. The van der Waals surface area contributed by atoms with Gasteiger partial charge in [-0.1, -0.05) is 13.3 Å². The van der Waals surface area contributed by atoms with Crippen molar-refractivity contribution >= 4 is 34.4 Å². The van der Waals surface area contributed by atoms with Crippen LogP contribution in [0.1, 0.15) is 42.6 Å². The molecule has 2 heterocycles. The second-order valence-electron chi connectivity index (χ2n) is 7.68. The zero-order valence-electron chi connectivity index (χ0n) is 18.4. The minimum Gasteiger partial charge on any atom is -0.391 e. The Morgan fingerprint density at radius 2 is 2.06 bits per heavy atom. The van der Waals surface area contributed by atoms with Gasteiger partial charge in [-0.05, 0) is 37.6 Å². The molecule has 1 aliphatic heterocycles. The van der Waals surface area contributed by atoms with Crippen molar-refractivity contribution in [3.8, 4) is 0 Å². The Bertz CT molecular complexity index is 1050. The highest BCUT2D eigenvalue weighted by molar-refractivity contribution is 6.25. The van der Waals surface area contributed by atoms with Crippen LogP contribution in [0.25, 0.3) is 5.57 Å². The third kappa shape index (κ3) is 4.38. The lowest BCUT2D eigenvalue weighted by Crippen LogP contribution is -2.33. The predicted molar refractivity (Wildman–Crippen MR) is 123 cm³/mol. The molecule has 4 N–H and O–H groups in total. The molecule has 7 nitrogen and oxygen atoms in total. The van der Waals surface area contributed by atoms with Crippen LogP contribution in [0.15, 0.2) is 36.2 Å². The van der Waals surface area contributed by atoms with E-state index in [-0.39, 0.29) is 24.0 Å². The number of nitrogens with one attached hydrogen (secondary N) is 2. The lowest BCUT2D eigenvalue weighted by Gasteiger charge is -2.28. The van der Waals surface area contributed by atoms with Gasteiger partial charge >= 0.3 is 0 Å². The first-order valence-corrected chi connectivity index (χ1v) is 10.3. The molecule has 1 amide bonds. The number of hydrogen-bond acceptors (Lipinski definition) is 6. The van der Waals surface area contributed by atoms with Crippen LogP contribution in [-0.4, -0.2) is 48.7 Å². The second kappa shape index (κ2) is 9.16. The Balaban J connectivity index is 2.36. The number of fused-ring (bicyclic) bond motifs is 3. The largest absolute Gasteiger partial charge is 0.391 e. The number of pyridine rings is 1. The van der Waals surface area contributed by atoms with E-state index in [1.165, 1.54) is 23.1 Å². The summed E-state index contributed by atoms with van der Waals surface area (Å²) in [6.07, 6.45) is 3.36. The molecular weight excluding hydrogens is 395 g/mol. The molecule has 0 fully saturated rings. The molecule has 8 heteroatoms. The predicted octanol–water partition coefficient (Wildman–Crippen LogP) is 3.80. The Morgan fingerprint density at radius 1 is 1.32 bits per heavy atom. The van der Waals surface area contributed by atoms with Gasteiger partial charge in [-0.2, -0.15) is 0 Å². The number of nitrogen functional groups attached to an aromatic ring is 1. The number of allylic oxidation sites excluding steroid dienone is 1. The zero-order valence-corrected chi connectivity index (χ0v) is 18.4. The van der Waals surface area contributed by atoms with Crippen LogP contribution >= 0.6 is 0 Å². The summed E-state index contributed by atoms with van der Waals surface area (Å²) in [6, 6.07) is 6.00. The number of nitrogens with zero attached hydrogens (tertiary/aromatic N) is 3. The van der Waals surface area contributed by atoms with E-state index in [2.05, 4.69) is 17.2 Å². The smallest absolute Gasteiger partial charge is 0.256 e. The summed E-state index contributed by atoms with van der Waals surface area (Å²) in [5, 5.41) is 11.8. The van der Waals surface area contributed by atoms with E-state index in [1.54, 1.807) is 20.3 Å². The van der Waals surface area contributed by atoms with E-state index in [4.69, 9.17) is 11.1 Å². The van der Waals surface area contributed by atoms with Crippen molar-refractivity contribution in [3.63, 3.8) is 0 Å². The first-order valence-electron chi connectivity index (χ1n) is 10.3. The molecule has 2 aromatic rings. The Morgan fingerprint density at radius 3 is 2.74 bits per heavy atom. The third-order valence-electron chi connectivity index (χ3n) is 5.49. The maximum Gasteiger partial charge on any atom is 0.256 e. The first kappa shape index (κ1) is 22.3. The van der Waals surface area contributed by atoms with Gasteiger partial charge < -0.3 is 26.3 Å². The van der Waals surface area contributed by atoms with Crippen LogP contribution in [-0.2, 0) is 0 Å². The van der Waals surface area contributed by atoms with Crippen molar-refractivity contribution in [2.45, 2.75) is 26.7 Å². The summed E-state index contributed by atoms with van der Waals surface area (Å²) in [6.45, 7) is 4.58. The van der Waals surface area contributed by atoms with Gasteiger partial charge in [0, 0.05) is 43.7 Å². The lowest BCUT2D eigenvalue weighted by molar-refractivity contribution is 0.0815. The minimum atomic E-state index is -0.437. The zero-order chi connectivity index (χ0) is 22.7. The minimum absolute atomic E-state index is 0.0959. The number of halogens is 1. The van der Waals surface area contributed by atoms with E-state index in [1.807, 2.05) is 17.9 Å². The molecule has 164 valence electrons. The second-order valence-corrected chi connectivity index (χ2v) is 7.68. The molecule has 0 saturated heterocycles. The van der Waals surface area contributed by atoms with Crippen LogP contribution in [0.4, 0.5) is 21.6 Å². The molecule has 0 saturated carbocycles. The molecule has 0 atom stereocenters. The van der Waals surface area contributed by atoms with Crippen molar-refractivity contribution in [2.24, 2.45) is 0 Å². The third-order valence-corrected chi connectivity index (χ3v) is 5.49. The first-order chi connectivity index (χ1) is 14.8. The average Bonchev–Trinajstić information content (AvgIpc) is 2.75. The van der Waals surface area contributed by atoms with Crippen LogP contribution in [0.3, 0.4) is 0 Å². The fraction of sp³-hybridized carbons (Fsp3) is 0.348. The Labute approximate surface area is 182 Å². The van der Waals surface area contributed by atoms with Crippen LogP contribution < -0.4 is 16.0 Å². The van der Waals surface area contributed by atoms with E-state index < -0.39 is 5.82 Å². The molecule has 2 bridgehead atoms. The van der Waals surface area contributed by atoms with Gasteiger partial charge in [-0.25, -0.2) is 9.37 Å². The number of hydrogen-bond donors (Lipinski definition) is 3. The highest BCUT2D eigenvalue weighted by Gasteiger charge is 2.26. The number of aromatic nitrogens is 1. The normalized spacial score (nSPS) is 16.0. The molecule has 0 spiro atoms. The van der Waals surface area contributed by atoms with Gasteiger partial charge in [0.1, 0.15) is 11.6 Å². The monoisotopic (exact) mass is 424 g/mol. The fourth-order valence-electron chi connectivity index (χ4n) is 3.75. The van der Waals surface area contributed by atoms with Crippen molar-refractivity contribution < 1.29 is 9.18 Å². The summed E-state index contributed by atoms with van der Waals surface area (Å²) in [5.41, 5.74) is 10.1. The van der Waals surface area contributed by atoms with E-state index in [0.717, 1.165) is 18.5 Å².